The van der Waals surface area contributed by atoms with Crippen LogP contribution in [0.5, 0.6) is 0 Å². The highest BCUT2D eigenvalue weighted by Crippen LogP contribution is 1.59. The molecule has 0 saturated heterocycles. The second kappa shape index (κ2) is 3.89. The molecule has 0 radical (unpaired) electrons. The summed E-state index contributed by atoms with van der Waals surface area (Å²) in [5.74, 6) is 0. The van der Waals surface area contributed by atoms with Crippen LogP contribution in [-0.4, -0.2) is 20.9 Å². The zero-order valence-corrected chi connectivity index (χ0v) is 3.81. The summed E-state index contributed by atoms with van der Waals surface area (Å²) in [5.41, 5.74) is 0. The first-order chi connectivity index (χ1) is 2.41. The molecular formula is C2H5NOSi. The quantitative estimate of drug-likeness (QED) is 0.441. The Morgan fingerprint density at radius 3 is 2.40 bits per heavy atom. The molecule has 0 fully saturated rings. The Balaban J connectivity index is 2.48. The molecule has 0 saturated carbocycles. The lowest BCUT2D eigenvalue weighted by Crippen LogP contribution is -1.76. The SMILES string of the molecule is N#[Si]CCO. The van der Waals surface area contributed by atoms with Gasteiger partial charge in [-0.1, -0.05) is 0 Å². The van der Waals surface area contributed by atoms with E-state index in [2.05, 4.69) is 0 Å². The molecule has 0 aliphatic heterocycles. The minimum absolute atomic E-state index is 0.0922. The summed E-state index contributed by atoms with van der Waals surface area (Å²) in [7, 11) is -0.0922. The van der Waals surface area contributed by atoms with Crippen molar-refractivity contribution < 1.29 is 5.11 Å². The number of nitrogens with zero attached hydrogens (tertiary/aromatic N) is 1. The second-order valence-electron chi connectivity index (χ2n) is 0.632. The zero-order chi connectivity index (χ0) is 4.12. The summed E-state index contributed by atoms with van der Waals surface area (Å²) in [6, 6.07) is 0.528. The van der Waals surface area contributed by atoms with E-state index < -0.39 is 0 Å². The van der Waals surface area contributed by atoms with E-state index in [0.717, 1.165) is 0 Å². The van der Waals surface area contributed by atoms with Gasteiger partial charge in [-0.05, 0) is 0 Å². The average Bonchev–Trinajstić information content (AvgIpc) is 1.41. The maximum absolute atomic E-state index is 7.93. The molecule has 0 bridgehead atoms. The van der Waals surface area contributed by atoms with Crippen LogP contribution in [-0.2, 0) is 0 Å². The standard InChI is InChI=1S/C2H5NOSi/c3-5-2-1-4/h4H,1-2H2. The van der Waals surface area contributed by atoms with Crippen LogP contribution in [0.15, 0.2) is 0 Å². The molecule has 0 aliphatic rings. The van der Waals surface area contributed by atoms with E-state index in [1.807, 2.05) is 0 Å². The number of hydrogen-bond donors (Lipinski definition) is 1. The zero-order valence-electron chi connectivity index (χ0n) is 2.81. The molecule has 1 N–H and O–H groups in total. The minimum Gasteiger partial charge on any atom is -0.396 e. The minimum atomic E-state index is -0.0922. The fraction of sp³-hybridized carbons (Fsp3) is 1.00. The van der Waals surface area contributed by atoms with Crippen LogP contribution in [0.2, 0.25) is 6.04 Å². The van der Waals surface area contributed by atoms with Gasteiger partial charge in [0.2, 0.25) is 0 Å². The monoisotopic (exact) mass is 87.0 g/mol. The molecule has 3 heteroatoms. The van der Waals surface area contributed by atoms with Crippen LogP contribution in [0.1, 0.15) is 0 Å². The summed E-state index contributed by atoms with van der Waals surface area (Å²) in [6.07, 6.45) is 0. The van der Waals surface area contributed by atoms with E-state index in [1.54, 1.807) is 0 Å². The highest BCUT2D eigenvalue weighted by molar-refractivity contribution is 6.15. The third kappa shape index (κ3) is 3.89. The van der Waals surface area contributed by atoms with Gasteiger partial charge in [0, 0.05) is 6.04 Å². The van der Waals surface area contributed by atoms with Crippen molar-refractivity contribution >= 4 is 9.15 Å². The van der Waals surface area contributed by atoms with Crippen LogP contribution in [0.25, 0.3) is 0 Å². The molecule has 0 aliphatic carbocycles. The first-order valence-corrected chi connectivity index (χ1v) is 2.55. The topological polar surface area (TPSA) is 44.0 Å². The molecular weight excluding hydrogens is 82.1 g/mol. The smallest absolute Gasteiger partial charge is 0.196 e. The molecule has 0 atom stereocenters. The van der Waals surface area contributed by atoms with Crippen LogP contribution in [0.3, 0.4) is 0 Å². The van der Waals surface area contributed by atoms with Crippen LogP contribution in [0, 0.1) is 4.89 Å². The van der Waals surface area contributed by atoms with Gasteiger partial charge in [-0.15, -0.1) is 0 Å². The predicted molar refractivity (Wildman–Crippen MR) is 19.4 cm³/mol. The molecule has 0 aromatic carbocycles. The van der Waals surface area contributed by atoms with Crippen molar-refractivity contribution in [2.45, 2.75) is 6.04 Å². The lowest BCUT2D eigenvalue weighted by molar-refractivity contribution is 0.318. The first kappa shape index (κ1) is 4.89. The van der Waals surface area contributed by atoms with Crippen molar-refractivity contribution in [3.63, 3.8) is 0 Å². The van der Waals surface area contributed by atoms with Gasteiger partial charge in [-0.2, -0.15) is 0 Å². The molecule has 0 heterocycles. The molecule has 0 aromatic rings. The fourth-order valence-electron chi connectivity index (χ4n) is 0.0500. The van der Waals surface area contributed by atoms with Gasteiger partial charge in [0.1, 0.15) is 0 Å². The predicted octanol–water partition coefficient (Wildman–Crippen LogP) is -0.419. The van der Waals surface area contributed by atoms with E-state index in [0.29, 0.717) is 6.04 Å². The van der Waals surface area contributed by atoms with Crippen molar-refractivity contribution in [3.05, 3.63) is 0 Å². The summed E-state index contributed by atoms with van der Waals surface area (Å²) in [5, 5.41) is 7.91. The van der Waals surface area contributed by atoms with E-state index >= 15 is 0 Å². The normalized spacial score (nSPS) is 6.40. The van der Waals surface area contributed by atoms with Crippen molar-refractivity contribution in [1.29, 1.82) is 4.89 Å². The van der Waals surface area contributed by atoms with Crippen LogP contribution >= 0.6 is 0 Å². The van der Waals surface area contributed by atoms with E-state index in [9.17, 15) is 0 Å². The summed E-state index contributed by atoms with van der Waals surface area (Å²) in [6.45, 7) is 0.106. The van der Waals surface area contributed by atoms with Gasteiger partial charge in [0.05, 0.1) is 6.61 Å². The molecule has 0 rings (SSSR count). The Kier molecular flexibility index (Phi) is 3.80. The van der Waals surface area contributed by atoms with Crippen LogP contribution in [0.4, 0.5) is 0 Å². The number of rotatable bonds is 1. The second-order valence-corrected chi connectivity index (χ2v) is 1.45. The molecule has 0 amide bonds. The van der Waals surface area contributed by atoms with Gasteiger partial charge in [-0.25, -0.2) is 0 Å². The van der Waals surface area contributed by atoms with Gasteiger partial charge in [0.15, 0.2) is 9.15 Å². The molecule has 0 spiro atoms. The Hall–Kier alpha value is -0.113. The lowest BCUT2D eigenvalue weighted by Gasteiger charge is -1.66. The largest absolute Gasteiger partial charge is 0.396 e. The van der Waals surface area contributed by atoms with E-state index in [1.165, 1.54) is 0 Å². The third-order valence-electron chi connectivity index (χ3n) is 0.224. The lowest BCUT2D eigenvalue weighted by atomic mass is 10.9. The Labute approximate surface area is 32.9 Å². The molecule has 0 aromatic heterocycles. The van der Waals surface area contributed by atoms with E-state index in [4.69, 9.17) is 9.99 Å². The Bertz CT molecular complexity index is 48.1. The molecule has 0 unspecified atom stereocenters. The third-order valence-corrected chi connectivity index (χ3v) is 0.671. The fourth-order valence-corrected chi connectivity index (χ4v) is 0.150. The van der Waals surface area contributed by atoms with Gasteiger partial charge in [0.25, 0.3) is 0 Å². The number of hydrogen-bond acceptors (Lipinski definition) is 2. The highest BCUT2D eigenvalue weighted by atomic mass is 28.2. The highest BCUT2D eigenvalue weighted by Gasteiger charge is 1.68. The van der Waals surface area contributed by atoms with Crippen LogP contribution < -0.4 is 0 Å². The maximum Gasteiger partial charge on any atom is 0.196 e. The maximum atomic E-state index is 7.93. The Morgan fingerprint density at radius 1 is 1.80 bits per heavy atom. The summed E-state index contributed by atoms with van der Waals surface area (Å²) in [4.78, 5) is 7.93. The van der Waals surface area contributed by atoms with Crippen molar-refractivity contribution in [2.75, 3.05) is 6.61 Å². The van der Waals surface area contributed by atoms with Gasteiger partial charge >= 0.3 is 0 Å². The summed E-state index contributed by atoms with van der Waals surface area (Å²) >= 11 is 0. The van der Waals surface area contributed by atoms with Crippen molar-refractivity contribution in [1.82, 2.24) is 0 Å². The molecule has 2 nitrogen and oxygen atoms in total. The van der Waals surface area contributed by atoms with Gasteiger partial charge < -0.3 is 5.11 Å². The Morgan fingerprint density at radius 2 is 2.40 bits per heavy atom. The van der Waals surface area contributed by atoms with E-state index in [-0.39, 0.29) is 15.8 Å². The number of aliphatic hydroxyl groups excluding tert-OH is 1. The first-order valence-electron chi connectivity index (χ1n) is 1.39. The van der Waals surface area contributed by atoms with Crippen molar-refractivity contribution in [3.8, 4) is 0 Å². The average molecular weight is 87.2 g/mol. The number of aliphatic hydroxyl groups is 1. The molecule has 5 heavy (non-hydrogen) atoms. The van der Waals surface area contributed by atoms with Gasteiger partial charge in [-0.3, -0.25) is 4.89 Å². The van der Waals surface area contributed by atoms with Crippen molar-refractivity contribution in [2.24, 2.45) is 0 Å². The molecule has 28 valence electrons. The summed E-state index contributed by atoms with van der Waals surface area (Å²) < 4.78 is 0.